The number of ether oxygens (including phenoxy) is 1. The zero-order valence-corrected chi connectivity index (χ0v) is 19.3. The Hall–Kier alpha value is -3.60. The van der Waals surface area contributed by atoms with Gasteiger partial charge >= 0.3 is 5.97 Å². The highest BCUT2D eigenvalue weighted by atomic mass is 32.2. The Kier molecular flexibility index (Phi) is 7.63. The summed E-state index contributed by atoms with van der Waals surface area (Å²) in [6.45, 7) is 0.767. The molecule has 10 nitrogen and oxygen atoms in total. The van der Waals surface area contributed by atoms with E-state index in [2.05, 4.69) is 24.8 Å². The van der Waals surface area contributed by atoms with Crippen LogP contribution >= 0.6 is 0 Å². The second-order valence-corrected chi connectivity index (χ2v) is 9.37. The molecule has 2 aromatic heterocycles. The first-order chi connectivity index (χ1) is 16.5. The van der Waals surface area contributed by atoms with Crippen molar-refractivity contribution in [3.05, 3.63) is 60.2 Å². The molecule has 0 saturated carbocycles. The predicted molar refractivity (Wildman–Crippen MR) is 123 cm³/mol. The lowest BCUT2D eigenvalue weighted by Gasteiger charge is -2.04. The highest BCUT2D eigenvalue weighted by Crippen LogP contribution is 2.22. The molecule has 0 fully saturated rings. The first kappa shape index (κ1) is 23.6. The summed E-state index contributed by atoms with van der Waals surface area (Å²) >= 11 is 0. The maximum atomic E-state index is 12.1. The van der Waals surface area contributed by atoms with Gasteiger partial charge in [-0.2, -0.15) is 4.98 Å². The van der Waals surface area contributed by atoms with Gasteiger partial charge in [-0.1, -0.05) is 23.7 Å². The zero-order chi connectivity index (χ0) is 23.8. The summed E-state index contributed by atoms with van der Waals surface area (Å²) < 4.78 is 37.1. The van der Waals surface area contributed by atoms with Gasteiger partial charge in [0.15, 0.2) is 0 Å². The number of amidine groups is 1. The molecule has 0 aliphatic carbocycles. The number of hydrogen-bond acceptors (Lipinski definition) is 9. The molecule has 0 bridgehead atoms. The molecule has 0 radical (unpaired) electrons. The number of aromatic nitrogens is 3. The van der Waals surface area contributed by atoms with E-state index >= 15 is 0 Å². The fourth-order valence-electron chi connectivity index (χ4n) is 3.45. The third-order valence-corrected chi connectivity index (χ3v) is 6.55. The van der Waals surface area contributed by atoms with Crippen LogP contribution in [-0.4, -0.2) is 48.5 Å². The molecular weight excluding hydrogens is 458 g/mol. The molecule has 0 unspecified atom stereocenters. The highest BCUT2D eigenvalue weighted by molar-refractivity contribution is 7.90. The lowest BCUT2D eigenvalue weighted by Crippen LogP contribution is -2.22. The normalized spacial score (nSPS) is 15.1. The van der Waals surface area contributed by atoms with Gasteiger partial charge in [0, 0.05) is 42.9 Å². The van der Waals surface area contributed by atoms with Gasteiger partial charge in [0.2, 0.25) is 11.7 Å². The molecule has 3 heterocycles. The van der Waals surface area contributed by atoms with Crippen molar-refractivity contribution in [2.45, 2.75) is 43.4 Å². The maximum Gasteiger partial charge on any atom is 0.305 e. The van der Waals surface area contributed by atoms with Gasteiger partial charge in [-0.15, -0.1) is 0 Å². The van der Waals surface area contributed by atoms with Gasteiger partial charge in [0.25, 0.3) is 10.0 Å². The summed E-state index contributed by atoms with van der Waals surface area (Å²) in [5, 5.41) is 3.93. The van der Waals surface area contributed by atoms with E-state index in [0.29, 0.717) is 55.3 Å². The number of carbonyl (C=O) groups excluding carboxylic acids is 1. The number of aliphatic imine (C=N–C) groups is 1. The molecular formula is C23H25N5O5S. The van der Waals surface area contributed by atoms with Crippen LogP contribution in [0.5, 0.6) is 0 Å². The number of aryl methyl sites for hydroxylation is 1. The minimum absolute atomic E-state index is 0.245. The standard InChI is InChI=1S/C23H25N5O5S/c29-21(32-15-7-11-20-26-22(27-33-20)17-8-6-13-24-16-17)12-2-1-5-14-25-23-18-9-3-4-10-19(18)34(30,31)28-23/h3-4,6,8-10,13,16H,1-2,5,7,11-12,14-15H2,(H,25,28). The molecule has 1 aliphatic heterocycles. The van der Waals surface area contributed by atoms with Crippen molar-refractivity contribution in [2.75, 3.05) is 13.2 Å². The van der Waals surface area contributed by atoms with E-state index in [4.69, 9.17) is 9.26 Å². The van der Waals surface area contributed by atoms with Crippen LogP contribution in [0, 0.1) is 0 Å². The summed E-state index contributed by atoms with van der Waals surface area (Å²) in [4.78, 5) is 24.9. The third-order valence-electron chi connectivity index (χ3n) is 5.16. The van der Waals surface area contributed by atoms with Crippen LogP contribution < -0.4 is 4.72 Å². The second-order valence-electron chi connectivity index (χ2n) is 7.72. The molecule has 3 aromatic rings. The largest absolute Gasteiger partial charge is 0.466 e. The zero-order valence-electron chi connectivity index (χ0n) is 18.5. The fourth-order valence-corrected chi connectivity index (χ4v) is 4.70. The molecule has 0 amide bonds. The third kappa shape index (κ3) is 6.04. The minimum atomic E-state index is -3.51. The van der Waals surface area contributed by atoms with Gasteiger partial charge in [-0.3, -0.25) is 19.5 Å². The van der Waals surface area contributed by atoms with Crippen molar-refractivity contribution in [3.63, 3.8) is 0 Å². The minimum Gasteiger partial charge on any atom is -0.466 e. The average Bonchev–Trinajstić information content (AvgIpc) is 3.42. The number of hydrogen-bond donors (Lipinski definition) is 1. The van der Waals surface area contributed by atoms with E-state index in [1.165, 1.54) is 0 Å². The molecule has 1 aromatic carbocycles. The summed E-state index contributed by atoms with van der Waals surface area (Å²) in [6, 6.07) is 10.4. The molecule has 11 heteroatoms. The second kappa shape index (κ2) is 11.0. The molecule has 1 N–H and O–H groups in total. The Morgan fingerprint density at radius 2 is 1.97 bits per heavy atom. The Morgan fingerprint density at radius 1 is 1.09 bits per heavy atom. The average molecular weight is 484 g/mol. The van der Waals surface area contributed by atoms with Crippen molar-refractivity contribution in [2.24, 2.45) is 4.99 Å². The van der Waals surface area contributed by atoms with Crippen molar-refractivity contribution in [1.29, 1.82) is 0 Å². The van der Waals surface area contributed by atoms with Crippen LogP contribution in [0.15, 0.2) is 63.2 Å². The van der Waals surface area contributed by atoms with Gasteiger partial charge in [-0.05, 0) is 43.5 Å². The van der Waals surface area contributed by atoms with E-state index in [-0.39, 0.29) is 17.5 Å². The van der Waals surface area contributed by atoms with Crippen LogP contribution in [-0.2, 0) is 26.0 Å². The Balaban J connectivity index is 1.08. The van der Waals surface area contributed by atoms with Crippen molar-refractivity contribution < 1.29 is 22.5 Å². The summed E-state index contributed by atoms with van der Waals surface area (Å²) in [7, 11) is -3.51. The van der Waals surface area contributed by atoms with Crippen LogP contribution in [0.3, 0.4) is 0 Å². The smallest absolute Gasteiger partial charge is 0.305 e. The number of esters is 1. The van der Waals surface area contributed by atoms with E-state index in [1.807, 2.05) is 6.07 Å². The predicted octanol–water partition coefficient (Wildman–Crippen LogP) is 2.91. The van der Waals surface area contributed by atoms with Crippen molar-refractivity contribution in [3.8, 4) is 11.4 Å². The number of rotatable bonds is 11. The number of fused-ring (bicyclic) bond motifs is 1. The SMILES string of the molecule is O=C(CCCCCN=C1NS(=O)(=O)c2ccccc21)OCCCc1nc(-c2cccnc2)no1. The van der Waals surface area contributed by atoms with Crippen LogP contribution in [0.2, 0.25) is 0 Å². The van der Waals surface area contributed by atoms with Crippen LogP contribution in [0.1, 0.15) is 43.6 Å². The summed E-state index contributed by atoms with van der Waals surface area (Å²) in [5.74, 6) is 1.11. The highest BCUT2D eigenvalue weighted by Gasteiger charge is 2.29. The molecule has 178 valence electrons. The summed E-state index contributed by atoms with van der Waals surface area (Å²) in [6.07, 6.45) is 7.01. The Labute approximate surface area is 197 Å². The Bertz CT molecular complexity index is 1260. The molecule has 4 rings (SSSR count). The van der Waals surface area contributed by atoms with Crippen LogP contribution in [0.4, 0.5) is 0 Å². The number of benzene rings is 1. The van der Waals surface area contributed by atoms with E-state index in [0.717, 1.165) is 18.4 Å². The van der Waals surface area contributed by atoms with Crippen LogP contribution in [0.25, 0.3) is 11.4 Å². The monoisotopic (exact) mass is 483 g/mol. The van der Waals surface area contributed by atoms with E-state index in [1.54, 1.807) is 42.7 Å². The van der Waals surface area contributed by atoms with Crippen molar-refractivity contribution >= 4 is 21.8 Å². The molecule has 0 spiro atoms. The number of sulfonamides is 1. The fraction of sp³-hybridized carbons (Fsp3) is 0.348. The number of nitrogens with zero attached hydrogens (tertiary/aromatic N) is 4. The first-order valence-electron chi connectivity index (χ1n) is 11.1. The van der Waals surface area contributed by atoms with Crippen molar-refractivity contribution in [1.82, 2.24) is 19.8 Å². The number of unbranched alkanes of at least 4 members (excludes halogenated alkanes) is 2. The Morgan fingerprint density at radius 3 is 2.82 bits per heavy atom. The number of carbonyl (C=O) groups is 1. The molecule has 0 saturated heterocycles. The topological polar surface area (TPSA) is 137 Å². The number of nitrogens with one attached hydrogen (secondary N) is 1. The van der Waals surface area contributed by atoms with Gasteiger partial charge in [-0.25, -0.2) is 8.42 Å². The quantitative estimate of drug-likeness (QED) is 0.325. The molecule has 1 aliphatic rings. The van der Waals surface area contributed by atoms with E-state index < -0.39 is 10.0 Å². The van der Waals surface area contributed by atoms with Gasteiger partial charge < -0.3 is 9.26 Å². The lowest BCUT2D eigenvalue weighted by molar-refractivity contribution is -0.143. The first-order valence-corrected chi connectivity index (χ1v) is 12.6. The number of pyridine rings is 1. The van der Waals surface area contributed by atoms with Gasteiger partial charge in [0.1, 0.15) is 5.84 Å². The molecule has 0 atom stereocenters. The lowest BCUT2D eigenvalue weighted by atomic mass is 10.2. The molecule has 34 heavy (non-hydrogen) atoms. The summed E-state index contributed by atoms with van der Waals surface area (Å²) in [5.41, 5.74) is 1.38. The maximum absolute atomic E-state index is 12.1. The van der Waals surface area contributed by atoms with Gasteiger partial charge in [0.05, 0.1) is 11.5 Å². The van der Waals surface area contributed by atoms with E-state index in [9.17, 15) is 13.2 Å².